The van der Waals surface area contributed by atoms with Crippen molar-refractivity contribution in [3.05, 3.63) is 45.8 Å². The minimum Gasteiger partial charge on any atom is -0.496 e. The summed E-state index contributed by atoms with van der Waals surface area (Å²) in [6, 6.07) is 5.27. The van der Waals surface area contributed by atoms with E-state index in [2.05, 4.69) is 10.4 Å². The molecule has 10 nitrogen and oxygen atoms in total. The van der Waals surface area contributed by atoms with E-state index in [0.717, 1.165) is 0 Å². The minimum atomic E-state index is -0.695. The number of nitro groups is 1. The van der Waals surface area contributed by atoms with Crippen LogP contribution in [0.2, 0.25) is 0 Å². The number of nitrogens with zero attached hydrogens (tertiary/aromatic N) is 3. The second-order valence-electron chi connectivity index (χ2n) is 4.85. The second kappa shape index (κ2) is 7.43. The van der Waals surface area contributed by atoms with E-state index in [1.165, 1.54) is 43.1 Å². The van der Waals surface area contributed by atoms with Crippen LogP contribution in [-0.2, 0) is 11.8 Å². The number of anilines is 1. The number of hydrogen-bond donors (Lipinski definition) is 1. The molecule has 0 aliphatic heterocycles. The SMILES string of the molecule is CCOC(=O)c1cc(C(=O)Nc2ccc(OC)cc2[N+](=O)[O-])nn1C. The van der Waals surface area contributed by atoms with E-state index in [0.29, 0.717) is 0 Å². The monoisotopic (exact) mass is 348 g/mol. The fourth-order valence-corrected chi connectivity index (χ4v) is 2.06. The molecular weight excluding hydrogens is 332 g/mol. The van der Waals surface area contributed by atoms with Gasteiger partial charge in [-0.1, -0.05) is 0 Å². The van der Waals surface area contributed by atoms with E-state index in [9.17, 15) is 19.7 Å². The smallest absolute Gasteiger partial charge is 0.356 e. The lowest BCUT2D eigenvalue weighted by Crippen LogP contribution is -2.14. The zero-order chi connectivity index (χ0) is 18.6. The molecule has 25 heavy (non-hydrogen) atoms. The van der Waals surface area contributed by atoms with Gasteiger partial charge in [0.25, 0.3) is 11.6 Å². The number of ether oxygens (including phenoxy) is 2. The van der Waals surface area contributed by atoms with Crippen LogP contribution in [0.5, 0.6) is 5.75 Å². The molecule has 1 aromatic carbocycles. The van der Waals surface area contributed by atoms with Gasteiger partial charge in [-0.05, 0) is 19.1 Å². The maximum atomic E-state index is 12.3. The lowest BCUT2D eigenvalue weighted by atomic mass is 10.2. The van der Waals surface area contributed by atoms with Gasteiger partial charge in [0.2, 0.25) is 0 Å². The summed E-state index contributed by atoms with van der Waals surface area (Å²) in [5.41, 5.74) is -0.319. The van der Waals surface area contributed by atoms with Crippen molar-refractivity contribution in [2.75, 3.05) is 19.0 Å². The van der Waals surface area contributed by atoms with Gasteiger partial charge in [0.1, 0.15) is 17.1 Å². The number of carbonyl (C=O) groups excluding carboxylic acids is 2. The largest absolute Gasteiger partial charge is 0.496 e. The number of esters is 1. The van der Waals surface area contributed by atoms with E-state index in [-0.39, 0.29) is 35.1 Å². The third kappa shape index (κ3) is 3.91. The molecule has 1 aromatic heterocycles. The Morgan fingerprint density at radius 2 is 2.08 bits per heavy atom. The predicted octanol–water partition coefficient (Wildman–Crippen LogP) is 1.77. The average Bonchev–Trinajstić information content (AvgIpc) is 2.97. The van der Waals surface area contributed by atoms with Gasteiger partial charge in [0.05, 0.1) is 24.7 Å². The van der Waals surface area contributed by atoms with Crippen LogP contribution in [0, 0.1) is 10.1 Å². The van der Waals surface area contributed by atoms with Crippen LogP contribution in [-0.4, -0.2) is 40.3 Å². The third-order valence-electron chi connectivity index (χ3n) is 3.25. The average molecular weight is 348 g/mol. The molecule has 0 saturated heterocycles. The number of amides is 1. The molecule has 1 amide bonds. The van der Waals surface area contributed by atoms with Gasteiger partial charge in [-0.15, -0.1) is 0 Å². The normalized spacial score (nSPS) is 10.2. The summed E-state index contributed by atoms with van der Waals surface area (Å²) in [5, 5.41) is 17.5. The van der Waals surface area contributed by atoms with Gasteiger partial charge >= 0.3 is 5.97 Å². The summed E-state index contributed by atoms with van der Waals surface area (Å²) >= 11 is 0. The van der Waals surface area contributed by atoms with Gasteiger partial charge < -0.3 is 14.8 Å². The number of benzene rings is 1. The van der Waals surface area contributed by atoms with Crippen molar-refractivity contribution in [3.63, 3.8) is 0 Å². The predicted molar refractivity (Wildman–Crippen MR) is 86.8 cm³/mol. The zero-order valence-electron chi connectivity index (χ0n) is 13.8. The second-order valence-corrected chi connectivity index (χ2v) is 4.85. The van der Waals surface area contributed by atoms with E-state index in [1.807, 2.05) is 0 Å². The molecule has 0 unspecified atom stereocenters. The molecule has 10 heteroatoms. The van der Waals surface area contributed by atoms with Gasteiger partial charge in [0.15, 0.2) is 5.69 Å². The maximum Gasteiger partial charge on any atom is 0.356 e. The Labute approximate surface area is 142 Å². The number of rotatable bonds is 6. The van der Waals surface area contributed by atoms with E-state index in [1.54, 1.807) is 6.92 Å². The number of aryl methyl sites for hydroxylation is 1. The molecule has 0 atom stereocenters. The Hall–Kier alpha value is -3.43. The molecule has 0 fully saturated rings. The number of nitro benzene ring substituents is 1. The summed E-state index contributed by atoms with van der Waals surface area (Å²) in [7, 11) is 2.86. The molecule has 1 heterocycles. The van der Waals surface area contributed by atoms with Crippen molar-refractivity contribution < 1.29 is 24.0 Å². The van der Waals surface area contributed by atoms with E-state index < -0.39 is 16.8 Å². The Kier molecular flexibility index (Phi) is 5.32. The fraction of sp³-hybridized carbons (Fsp3) is 0.267. The van der Waals surface area contributed by atoms with E-state index >= 15 is 0 Å². The first-order valence-corrected chi connectivity index (χ1v) is 7.22. The summed E-state index contributed by atoms with van der Waals surface area (Å²) in [6.45, 7) is 1.84. The molecule has 2 aromatic rings. The first-order chi connectivity index (χ1) is 11.9. The number of carbonyl (C=O) groups is 2. The maximum absolute atomic E-state index is 12.3. The summed E-state index contributed by atoms with van der Waals surface area (Å²) in [5.74, 6) is -1.03. The molecule has 132 valence electrons. The van der Waals surface area contributed by atoms with Crippen molar-refractivity contribution >= 4 is 23.3 Å². The molecule has 0 spiro atoms. The lowest BCUT2D eigenvalue weighted by molar-refractivity contribution is -0.384. The highest BCUT2D eigenvalue weighted by Crippen LogP contribution is 2.29. The van der Waals surface area contributed by atoms with Crippen LogP contribution < -0.4 is 10.1 Å². The minimum absolute atomic E-state index is 0.0147. The summed E-state index contributed by atoms with van der Waals surface area (Å²) in [4.78, 5) is 34.6. The fourth-order valence-electron chi connectivity index (χ4n) is 2.06. The van der Waals surface area contributed by atoms with Crippen molar-refractivity contribution in [2.45, 2.75) is 6.92 Å². The van der Waals surface area contributed by atoms with Crippen molar-refractivity contribution in [3.8, 4) is 5.75 Å². The molecule has 0 saturated carbocycles. The lowest BCUT2D eigenvalue weighted by Gasteiger charge is -2.06. The van der Waals surface area contributed by atoms with Crippen LogP contribution in [0.4, 0.5) is 11.4 Å². The van der Waals surface area contributed by atoms with Crippen LogP contribution in [0.25, 0.3) is 0 Å². The van der Waals surface area contributed by atoms with Gasteiger partial charge in [-0.2, -0.15) is 5.10 Å². The molecule has 2 rings (SSSR count). The molecule has 0 aliphatic rings. The highest BCUT2D eigenvalue weighted by atomic mass is 16.6. The van der Waals surface area contributed by atoms with Crippen LogP contribution >= 0.6 is 0 Å². The van der Waals surface area contributed by atoms with Crippen molar-refractivity contribution in [2.24, 2.45) is 7.05 Å². The third-order valence-corrected chi connectivity index (χ3v) is 3.25. The Balaban J connectivity index is 2.27. The summed E-state index contributed by atoms with van der Waals surface area (Å²) < 4.78 is 11.0. The summed E-state index contributed by atoms with van der Waals surface area (Å²) in [6.07, 6.45) is 0. The number of nitrogens with one attached hydrogen (secondary N) is 1. The number of aromatic nitrogens is 2. The quantitative estimate of drug-likeness (QED) is 0.479. The van der Waals surface area contributed by atoms with Gasteiger partial charge in [0, 0.05) is 13.1 Å². The van der Waals surface area contributed by atoms with Gasteiger partial charge in [-0.25, -0.2) is 4.79 Å². The standard InChI is InChI=1S/C15H16N4O6/c1-4-25-15(21)13-8-11(17-18(13)2)14(20)16-10-6-5-9(24-3)7-12(10)19(22)23/h5-8H,4H2,1-3H3,(H,16,20). The molecule has 0 bridgehead atoms. The van der Waals surface area contributed by atoms with Crippen LogP contribution in [0.3, 0.4) is 0 Å². The first kappa shape index (κ1) is 17.9. The number of methoxy groups -OCH3 is 1. The Morgan fingerprint density at radius 1 is 1.36 bits per heavy atom. The van der Waals surface area contributed by atoms with Crippen molar-refractivity contribution in [1.82, 2.24) is 9.78 Å². The highest BCUT2D eigenvalue weighted by molar-refractivity contribution is 6.05. The molecule has 0 aliphatic carbocycles. The Bertz CT molecular complexity index is 829. The Morgan fingerprint density at radius 3 is 2.68 bits per heavy atom. The van der Waals surface area contributed by atoms with Crippen LogP contribution in [0.1, 0.15) is 27.9 Å². The first-order valence-electron chi connectivity index (χ1n) is 7.22. The molecule has 0 radical (unpaired) electrons. The number of hydrogen-bond acceptors (Lipinski definition) is 7. The topological polar surface area (TPSA) is 126 Å². The molecular formula is C15H16N4O6. The van der Waals surface area contributed by atoms with Gasteiger partial charge in [-0.3, -0.25) is 19.6 Å². The zero-order valence-corrected chi connectivity index (χ0v) is 13.8. The highest BCUT2D eigenvalue weighted by Gasteiger charge is 2.22. The molecule has 1 N–H and O–H groups in total. The van der Waals surface area contributed by atoms with Crippen LogP contribution in [0.15, 0.2) is 24.3 Å². The van der Waals surface area contributed by atoms with E-state index in [4.69, 9.17) is 9.47 Å². The van der Waals surface area contributed by atoms with Crippen molar-refractivity contribution in [1.29, 1.82) is 0 Å².